The molecular formula is C22H41NO8. The molecule has 182 valence electrons. The molecule has 0 saturated heterocycles. The lowest BCUT2D eigenvalue weighted by Gasteiger charge is -2.33. The van der Waals surface area contributed by atoms with Crippen LogP contribution < -0.4 is 5.32 Å². The fraction of sp³-hybridized carbons (Fsp3) is 0.864. The van der Waals surface area contributed by atoms with Gasteiger partial charge < -0.3 is 33.8 Å². The Morgan fingerprint density at radius 2 is 1.13 bits per heavy atom. The maximum atomic E-state index is 11.8. The first kappa shape index (κ1) is 29.5. The van der Waals surface area contributed by atoms with Crippen LogP contribution in [0.15, 0.2) is 0 Å². The van der Waals surface area contributed by atoms with E-state index in [-0.39, 0.29) is 64.4 Å². The van der Waals surface area contributed by atoms with Crippen LogP contribution in [0.25, 0.3) is 0 Å². The van der Waals surface area contributed by atoms with Crippen molar-refractivity contribution in [3.8, 4) is 0 Å². The van der Waals surface area contributed by atoms with E-state index in [0.717, 1.165) is 6.29 Å². The van der Waals surface area contributed by atoms with Gasteiger partial charge in [-0.15, -0.1) is 0 Å². The van der Waals surface area contributed by atoms with Gasteiger partial charge in [0.2, 0.25) is 0 Å². The summed E-state index contributed by atoms with van der Waals surface area (Å²) < 4.78 is 27.5. The van der Waals surface area contributed by atoms with E-state index < -0.39 is 16.7 Å². The predicted octanol–water partition coefficient (Wildman–Crippen LogP) is 2.05. The van der Waals surface area contributed by atoms with E-state index in [1.807, 2.05) is 41.5 Å². The van der Waals surface area contributed by atoms with E-state index in [9.17, 15) is 14.4 Å². The summed E-state index contributed by atoms with van der Waals surface area (Å²) in [5.74, 6) is -0.670. The Bertz CT molecular complexity index is 501. The van der Waals surface area contributed by atoms with Crippen LogP contribution in [-0.2, 0) is 38.1 Å². The minimum atomic E-state index is -0.704. The third-order valence-corrected chi connectivity index (χ3v) is 3.79. The minimum absolute atomic E-state index is 0.128. The molecule has 0 aromatic carbocycles. The van der Waals surface area contributed by atoms with Crippen LogP contribution >= 0.6 is 0 Å². The fourth-order valence-electron chi connectivity index (χ4n) is 2.37. The van der Waals surface area contributed by atoms with Crippen LogP contribution in [0.1, 0.15) is 60.8 Å². The van der Waals surface area contributed by atoms with Crippen LogP contribution in [0.2, 0.25) is 0 Å². The number of ether oxygens (including phenoxy) is 5. The third kappa shape index (κ3) is 16.8. The number of nitrogens with one attached hydrogen (secondary N) is 1. The summed E-state index contributed by atoms with van der Waals surface area (Å²) in [5, 5.41) is 3.15. The Morgan fingerprint density at radius 1 is 0.742 bits per heavy atom. The molecule has 0 rings (SSSR count). The zero-order valence-corrected chi connectivity index (χ0v) is 20.2. The van der Waals surface area contributed by atoms with Crippen molar-refractivity contribution in [1.29, 1.82) is 0 Å². The van der Waals surface area contributed by atoms with E-state index in [2.05, 4.69) is 5.32 Å². The van der Waals surface area contributed by atoms with Gasteiger partial charge in [-0.1, -0.05) is 0 Å². The molecule has 0 heterocycles. The summed E-state index contributed by atoms with van der Waals surface area (Å²) in [4.78, 5) is 34.2. The molecular weight excluding hydrogens is 406 g/mol. The van der Waals surface area contributed by atoms with Crippen molar-refractivity contribution >= 4 is 18.2 Å². The fourth-order valence-corrected chi connectivity index (χ4v) is 2.37. The number of rotatable bonds is 16. The first-order valence-corrected chi connectivity index (χ1v) is 10.6. The molecule has 0 aromatic rings. The summed E-state index contributed by atoms with van der Waals surface area (Å²) in [6.07, 6.45) is 1.33. The largest absolute Gasteiger partial charge is 0.460 e. The molecule has 9 nitrogen and oxygen atoms in total. The van der Waals surface area contributed by atoms with E-state index in [4.69, 9.17) is 23.7 Å². The summed E-state index contributed by atoms with van der Waals surface area (Å²) >= 11 is 0. The molecule has 0 aliphatic carbocycles. The number of hydrogen-bond acceptors (Lipinski definition) is 9. The summed E-state index contributed by atoms with van der Waals surface area (Å²) in [7, 11) is 1.75. The number of esters is 2. The third-order valence-electron chi connectivity index (χ3n) is 3.79. The molecule has 1 N–H and O–H groups in total. The molecule has 9 heteroatoms. The van der Waals surface area contributed by atoms with Gasteiger partial charge in [0.05, 0.1) is 58.0 Å². The van der Waals surface area contributed by atoms with Crippen molar-refractivity contribution < 1.29 is 38.1 Å². The molecule has 0 aliphatic rings. The van der Waals surface area contributed by atoms with Gasteiger partial charge in [0.25, 0.3) is 0 Å². The highest BCUT2D eigenvalue weighted by Gasteiger charge is 2.30. The van der Waals surface area contributed by atoms with Gasteiger partial charge >= 0.3 is 11.9 Å². The van der Waals surface area contributed by atoms with E-state index in [0.29, 0.717) is 6.42 Å². The topological polar surface area (TPSA) is 109 Å². The first-order chi connectivity index (χ1) is 14.3. The van der Waals surface area contributed by atoms with Crippen LogP contribution in [0.4, 0.5) is 0 Å². The Kier molecular flexibility index (Phi) is 13.8. The highest BCUT2D eigenvalue weighted by atomic mass is 16.6. The van der Waals surface area contributed by atoms with Gasteiger partial charge in [0.15, 0.2) is 0 Å². The maximum Gasteiger partial charge on any atom is 0.308 e. The SMILES string of the molecule is CNC(COCCC=O)(COCCC(=O)OC(C)(C)C)COCCC(=O)OC(C)(C)C. The van der Waals surface area contributed by atoms with E-state index in [1.54, 1.807) is 7.05 Å². The molecule has 0 aromatic heterocycles. The molecule has 0 atom stereocenters. The number of carbonyl (C=O) groups excluding carboxylic acids is 3. The number of likely N-dealkylation sites (N-methyl/N-ethyl adjacent to an activating group) is 1. The molecule has 31 heavy (non-hydrogen) atoms. The Hall–Kier alpha value is -1.55. The zero-order chi connectivity index (χ0) is 24.0. The lowest BCUT2D eigenvalue weighted by Crippen LogP contribution is -2.55. The van der Waals surface area contributed by atoms with Gasteiger partial charge in [-0.2, -0.15) is 0 Å². The Morgan fingerprint density at radius 3 is 1.45 bits per heavy atom. The van der Waals surface area contributed by atoms with Crippen molar-refractivity contribution in [1.82, 2.24) is 5.32 Å². The van der Waals surface area contributed by atoms with Gasteiger partial charge in [0.1, 0.15) is 17.5 Å². The molecule has 0 aliphatic heterocycles. The Balaban J connectivity index is 4.61. The molecule has 0 spiro atoms. The van der Waals surface area contributed by atoms with Crippen molar-refractivity contribution in [2.75, 3.05) is 46.7 Å². The van der Waals surface area contributed by atoms with Crippen molar-refractivity contribution in [3.63, 3.8) is 0 Å². The first-order valence-electron chi connectivity index (χ1n) is 10.6. The molecule has 0 amide bonds. The summed E-state index contributed by atoms with van der Waals surface area (Å²) in [6.45, 7) is 12.2. The molecule has 0 radical (unpaired) electrons. The van der Waals surface area contributed by atoms with E-state index >= 15 is 0 Å². The molecule has 0 bridgehead atoms. The zero-order valence-electron chi connectivity index (χ0n) is 20.2. The monoisotopic (exact) mass is 447 g/mol. The predicted molar refractivity (Wildman–Crippen MR) is 116 cm³/mol. The van der Waals surface area contributed by atoms with Crippen LogP contribution in [-0.4, -0.2) is 81.7 Å². The average molecular weight is 448 g/mol. The van der Waals surface area contributed by atoms with Crippen LogP contribution in [0.5, 0.6) is 0 Å². The normalized spacial score (nSPS) is 12.5. The second kappa shape index (κ2) is 14.5. The average Bonchev–Trinajstić information content (AvgIpc) is 2.62. The maximum absolute atomic E-state index is 11.8. The Labute approximate surface area is 186 Å². The molecule has 0 fully saturated rings. The quantitative estimate of drug-likeness (QED) is 0.216. The molecule has 0 saturated carbocycles. The smallest absolute Gasteiger partial charge is 0.308 e. The van der Waals surface area contributed by atoms with Gasteiger partial charge in [-0.3, -0.25) is 9.59 Å². The van der Waals surface area contributed by atoms with Crippen molar-refractivity contribution in [2.45, 2.75) is 77.5 Å². The number of hydrogen-bond donors (Lipinski definition) is 1. The van der Waals surface area contributed by atoms with Crippen molar-refractivity contribution in [3.05, 3.63) is 0 Å². The second-order valence-electron chi connectivity index (χ2n) is 9.32. The lowest BCUT2D eigenvalue weighted by atomic mass is 10.0. The van der Waals surface area contributed by atoms with Gasteiger partial charge in [-0.25, -0.2) is 0 Å². The lowest BCUT2D eigenvalue weighted by molar-refractivity contribution is -0.157. The van der Waals surface area contributed by atoms with Crippen LogP contribution in [0.3, 0.4) is 0 Å². The minimum Gasteiger partial charge on any atom is -0.460 e. The highest BCUT2D eigenvalue weighted by molar-refractivity contribution is 5.70. The standard InChI is InChI=1S/C22H41NO8/c1-20(2,3)30-18(25)9-13-28-16-22(23-7,15-27-12-8-11-24)17-29-14-10-19(26)31-21(4,5)6/h11,23H,8-10,12-17H2,1-7H3. The second-order valence-corrected chi connectivity index (χ2v) is 9.32. The summed E-state index contributed by atoms with van der Waals surface area (Å²) in [5.41, 5.74) is -1.79. The van der Waals surface area contributed by atoms with E-state index in [1.165, 1.54) is 0 Å². The van der Waals surface area contributed by atoms with Crippen molar-refractivity contribution in [2.24, 2.45) is 0 Å². The molecule has 0 unspecified atom stereocenters. The van der Waals surface area contributed by atoms with Gasteiger partial charge in [-0.05, 0) is 48.6 Å². The van der Waals surface area contributed by atoms with Gasteiger partial charge in [0, 0.05) is 6.42 Å². The number of aldehydes is 1. The van der Waals surface area contributed by atoms with Crippen LogP contribution in [0, 0.1) is 0 Å². The number of carbonyl (C=O) groups is 3. The summed E-state index contributed by atoms with van der Waals surface area (Å²) in [6, 6.07) is 0. The highest BCUT2D eigenvalue weighted by Crippen LogP contribution is 2.12.